The Balaban J connectivity index is 2.03. The van der Waals surface area contributed by atoms with E-state index in [1.165, 1.54) is 6.07 Å². The first-order valence-electron chi connectivity index (χ1n) is 4.22. The molecule has 66 valence electrons. The van der Waals surface area contributed by atoms with Crippen LogP contribution in [0.1, 0.15) is 12.8 Å². The lowest BCUT2D eigenvalue weighted by Gasteiger charge is -2.08. The number of hydrogen-bond acceptors (Lipinski definition) is 2. The second-order valence-corrected chi connectivity index (χ2v) is 3.05. The van der Waals surface area contributed by atoms with E-state index in [0.717, 1.165) is 19.4 Å². The highest BCUT2D eigenvalue weighted by Crippen LogP contribution is 2.12. The van der Waals surface area contributed by atoms with Crippen molar-refractivity contribution in [3.8, 4) is 0 Å². The third-order valence-electron chi connectivity index (χ3n) is 2.13. The molecule has 4 heteroatoms. The number of H-pyrrole nitrogens is 1. The number of aromatic amines is 1. The maximum atomic E-state index is 11.1. The Kier molecular flexibility index (Phi) is 1.99. The molecule has 0 amide bonds. The monoisotopic (exact) mass is 168 g/mol. The molecule has 1 unspecified atom stereocenters. The van der Waals surface area contributed by atoms with E-state index in [4.69, 9.17) is 4.74 Å². The van der Waals surface area contributed by atoms with Crippen molar-refractivity contribution in [1.82, 2.24) is 9.78 Å². The third-order valence-corrected chi connectivity index (χ3v) is 2.13. The fraction of sp³-hybridized carbons (Fsp3) is 0.625. The fourth-order valence-electron chi connectivity index (χ4n) is 1.49. The molecular weight excluding hydrogens is 156 g/mol. The Morgan fingerprint density at radius 1 is 1.75 bits per heavy atom. The quantitative estimate of drug-likeness (QED) is 0.692. The Morgan fingerprint density at radius 2 is 2.67 bits per heavy atom. The zero-order valence-electron chi connectivity index (χ0n) is 6.82. The summed E-state index contributed by atoms with van der Waals surface area (Å²) in [5.74, 6) is 0. The van der Waals surface area contributed by atoms with E-state index >= 15 is 0 Å². The van der Waals surface area contributed by atoms with E-state index in [2.05, 4.69) is 5.10 Å². The first kappa shape index (κ1) is 7.61. The molecule has 0 radical (unpaired) electrons. The van der Waals surface area contributed by atoms with Crippen LogP contribution in [0.15, 0.2) is 17.1 Å². The van der Waals surface area contributed by atoms with E-state index < -0.39 is 0 Å². The van der Waals surface area contributed by atoms with E-state index in [9.17, 15) is 4.79 Å². The number of nitrogens with zero attached hydrogens (tertiary/aromatic N) is 1. The van der Waals surface area contributed by atoms with Crippen molar-refractivity contribution in [3.05, 3.63) is 22.6 Å². The summed E-state index contributed by atoms with van der Waals surface area (Å²) in [4.78, 5) is 11.1. The van der Waals surface area contributed by atoms with Gasteiger partial charge in [-0.1, -0.05) is 0 Å². The van der Waals surface area contributed by atoms with E-state index in [1.807, 2.05) is 0 Å². The molecule has 1 aromatic rings. The van der Waals surface area contributed by atoms with Crippen LogP contribution in [0.4, 0.5) is 0 Å². The van der Waals surface area contributed by atoms with Gasteiger partial charge in [-0.25, -0.2) is 0 Å². The Hall–Kier alpha value is -1.03. The van der Waals surface area contributed by atoms with Gasteiger partial charge >= 0.3 is 0 Å². The molecule has 4 nitrogen and oxygen atoms in total. The zero-order valence-corrected chi connectivity index (χ0v) is 6.82. The molecule has 12 heavy (non-hydrogen) atoms. The molecule has 1 aromatic heterocycles. The van der Waals surface area contributed by atoms with Gasteiger partial charge in [0, 0.05) is 18.9 Å². The molecule has 2 rings (SSSR count). The lowest BCUT2D eigenvalue weighted by Crippen LogP contribution is -2.24. The van der Waals surface area contributed by atoms with Crippen molar-refractivity contribution < 1.29 is 4.74 Å². The van der Waals surface area contributed by atoms with Crippen molar-refractivity contribution >= 4 is 0 Å². The number of ether oxygens (including phenoxy) is 1. The van der Waals surface area contributed by atoms with Crippen molar-refractivity contribution in [2.45, 2.75) is 25.5 Å². The molecule has 1 saturated heterocycles. The van der Waals surface area contributed by atoms with Crippen LogP contribution in [-0.4, -0.2) is 22.5 Å². The van der Waals surface area contributed by atoms with Crippen LogP contribution in [-0.2, 0) is 11.3 Å². The van der Waals surface area contributed by atoms with Crippen LogP contribution in [0.2, 0.25) is 0 Å². The minimum absolute atomic E-state index is 0.0190. The molecule has 2 heterocycles. The zero-order chi connectivity index (χ0) is 8.39. The van der Waals surface area contributed by atoms with Crippen LogP contribution in [0, 0.1) is 0 Å². The van der Waals surface area contributed by atoms with Crippen LogP contribution in [0.25, 0.3) is 0 Å². The van der Waals surface area contributed by atoms with Gasteiger partial charge in [0.2, 0.25) is 0 Å². The molecule has 0 aliphatic carbocycles. The summed E-state index contributed by atoms with van der Waals surface area (Å²) < 4.78 is 6.98. The summed E-state index contributed by atoms with van der Waals surface area (Å²) in [6.07, 6.45) is 4.05. The summed E-state index contributed by atoms with van der Waals surface area (Å²) in [5, 5.41) is 2.86. The largest absolute Gasteiger partial charge is 0.376 e. The minimum atomic E-state index is 0.0190. The number of rotatable bonds is 2. The number of aromatic nitrogens is 2. The lowest BCUT2D eigenvalue weighted by atomic mass is 10.2. The van der Waals surface area contributed by atoms with Gasteiger partial charge in [0.15, 0.2) is 0 Å². The van der Waals surface area contributed by atoms with Crippen molar-refractivity contribution in [2.24, 2.45) is 0 Å². The second kappa shape index (κ2) is 3.15. The van der Waals surface area contributed by atoms with Gasteiger partial charge in [-0.05, 0) is 12.8 Å². The van der Waals surface area contributed by atoms with Crippen molar-refractivity contribution in [1.29, 1.82) is 0 Å². The molecule has 1 atom stereocenters. The number of nitrogens with one attached hydrogen (secondary N) is 1. The summed E-state index contributed by atoms with van der Waals surface area (Å²) >= 11 is 0. The Bertz CT molecular complexity index is 296. The maximum Gasteiger partial charge on any atom is 0.266 e. The average molecular weight is 168 g/mol. The molecular formula is C8H12N2O2. The lowest BCUT2D eigenvalue weighted by molar-refractivity contribution is 0.0932. The summed E-state index contributed by atoms with van der Waals surface area (Å²) in [6.45, 7) is 1.49. The highest BCUT2D eigenvalue weighted by molar-refractivity contribution is 4.81. The molecule has 0 saturated carbocycles. The summed E-state index contributed by atoms with van der Waals surface area (Å²) in [5.41, 5.74) is 0.0190. The smallest absolute Gasteiger partial charge is 0.266 e. The van der Waals surface area contributed by atoms with E-state index in [-0.39, 0.29) is 11.7 Å². The SMILES string of the molecule is O=c1cc[nH]n1CC1CCCO1. The van der Waals surface area contributed by atoms with Crippen LogP contribution >= 0.6 is 0 Å². The standard InChI is InChI=1S/C8H12N2O2/c11-8-3-4-9-10(8)6-7-2-1-5-12-7/h3-4,7,9H,1-2,5-6H2. The second-order valence-electron chi connectivity index (χ2n) is 3.05. The first-order chi connectivity index (χ1) is 5.86. The average Bonchev–Trinajstić information content (AvgIpc) is 2.65. The van der Waals surface area contributed by atoms with Gasteiger partial charge in [0.1, 0.15) is 0 Å². The van der Waals surface area contributed by atoms with Crippen molar-refractivity contribution in [3.63, 3.8) is 0 Å². The van der Waals surface area contributed by atoms with Gasteiger partial charge in [-0.15, -0.1) is 0 Å². The summed E-state index contributed by atoms with van der Waals surface area (Å²) in [7, 11) is 0. The predicted molar refractivity (Wildman–Crippen MR) is 44.0 cm³/mol. The minimum Gasteiger partial charge on any atom is -0.376 e. The molecule has 1 aliphatic rings. The van der Waals surface area contributed by atoms with Crippen LogP contribution in [0.5, 0.6) is 0 Å². The topological polar surface area (TPSA) is 47.0 Å². The third kappa shape index (κ3) is 1.43. The van der Waals surface area contributed by atoms with Crippen LogP contribution in [0.3, 0.4) is 0 Å². The summed E-state index contributed by atoms with van der Waals surface area (Å²) in [6, 6.07) is 1.52. The predicted octanol–water partition coefficient (Wildman–Crippen LogP) is 0.355. The van der Waals surface area contributed by atoms with Gasteiger partial charge in [-0.2, -0.15) is 0 Å². The molecule has 1 N–H and O–H groups in total. The maximum absolute atomic E-state index is 11.1. The Labute approximate surface area is 70.1 Å². The molecule has 1 fully saturated rings. The molecule has 0 aromatic carbocycles. The van der Waals surface area contributed by atoms with Gasteiger partial charge < -0.3 is 9.84 Å². The molecule has 1 aliphatic heterocycles. The van der Waals surface area contributed by atoms with Gasteiger partial charge in [0.05, 0.1) is 12.6 Å². The molecule has 0 bridgehead atoms. The highest BCUT2D eigenvalue weighted by atomic mass is 16.5. The molecule has 0 spiro atoms. The van der Waals surface area contributed by atoms with Crippen LogP contribution < -0.4 is 5.56 Å². The fourth-order valence-corrected chi connectivity index (χ4v) is 1.49. The number of hydrogen-bond donors (Lipinski definition) is 1. The van der Waals surface area contributed by atoms with Gasteiger partial charge in [0.25, 0.3) is 5.56 Å². The normalized spacial score (nSPS) is 23.2. The van der Waals surface area contributed by atoms with E-state index in [1.54, 1.807) is 10.9 Å². The Morgan fingerprint density at radius 3 is 3.25 bits per heavy atom. The first-order valence-corrected chi connectivity index (χ1v) is 4.22. The van der Waals surface area contributed by atoms with Crippen molar-refractivity contribution in [2.75, 3.05) is 6.61 Å². The van der Waals surface area contributed by atoms with E-state index in [0.29, 0.717) is 6.54 Å². The van der Waals surface area contributed by atoms with Gasteiger partial charge in [-0.3, -0.25) is 9.48 Å². The highest BCUT2D eigenvalue weighted by Gasteiger charge is 2.16.